The highest BCUT2D eigenvalue weighted by Gasteiger charge is 2.22. The first-order valence-corrected chi connectivity index (χ1v) is 9.35. The fraction of sp³-hybridized carbons (Fsp3) is 0.450. The number of anilines is 1. The lowest BCUT2D eigenvalue weighted by atomic mass is 10.1. The van der Waals surface area contributed by atoms with E-state index in [-0.39, 0.29) is 5.91 Å². The van der Waals surface area contributed by atoms with Crippen molar-refractivity contribution >= 4 is 17.7 Å². The van der Waals surface area contributed by atoms with Crippen LogP contribution >= 0.6 is 0 Å². The highest BCUT2D eigenvalue weighted by Crippen LogP contribution is 2.20. The van der Waals surface area contributed by atoms with Crippen LogP contribution in [0.5, 0.6) is 0 Å². The van der Waals surface area contributed by atoms with Gasteiger partial charge in [-0.15, -0.1) is 0 Å². The predicted octanol–water partition coefficient (Wildman–Crippen LogP) is 2.73. The number of esters is 1. The van der Waals surface area contributed by atoms with Crippen LogP contribution in [0, 0.1) is 13.8 Å². The van der Waals surface area contributed by atoms with Crippen molar-refractivity contribution < 1.29 is 14.3 Å². The number of carbonyl (C=O) groups excluding carboxylic acids is 2. The molecule has 1 aliphatic heterocycles. The van der Waals surface area contributed by atoms with Gasteiger partial charge in [0.1, 0.15) is 11.5 Å². The number of ether oxygens (including phenoxy) is 1. The molecule has 1 aliphatic rings. The molecule has 144 valence electrons. The van der Waals surface area contributed by atoms with Crippen LogP contribution in [0.2, 0.25) is 0 Å². The molecule has 1 saturated heterocycles. The summed E-state index contributed by atoms with van der Waals surface area (Å²) in [5.41, 5.74) is 3.06. The summed E-state index contributed by atoms with van der Waals surface area (Å²) in [5, 5.41) is 2.92. The number of H-pyrrole nitrogens is 1. The zero-order valence-corrected chi connectivity index (χ0v) is 16.1. The Bertz CT molecular complexity index is 838. The number of nitrogens with one attached hydrogen (secondary N) is 2. The van der Waals surface area contributed by atoms with Crippen LogP contribution in [0.1, 0.15) is 57.4 Å². The summed E-state index contributed by atoms with van der Waals surface area (Å²) in [6.45, 7) is 8.03. The summed E-state index contributed by atoms with van der Waals surface area (Å²) < 4.78 is 5.07. The van der Waals surface area contributed by atoms with E-state index >= 15 is 0 Å². The number of aromatic amines is 1. The molecule has 27 heavy (non-hydrogen) atoms. The van der Waals surface area contributed by atoms with Gasteiger partial charge in [-0.05, 0) is 56.9 Å². The summed E-state index contributed by atoms with van der Waals surface area (Å²) in [4.78, 5) is 34.4. The average Bonchev–Trinajstić information content (AvgIpc) is 3.28. The van der Waals surface area contributed by atoms with E-state index in [4.69, 9.17) is 4.74 Å². The Hall–Kier alpha value is -2.83. The van der Waals surface area contributed by atoms with Crippen molar-refractivity contribution in [2.75, 3.05) is 24.6 Å². The molecule has 3 rings (SSSR count). The molecule has 0 atom stereocenters. The molecule has 0 saturated carbocycles. The van der Waals surface area contributed by atoms with E-state index in [2.05, 4.69) is 20.2 Å². The summed E-state index contributed by atoms with van der Waals surface area (Å²) in [6, 6.07) is 3.92. The van der Waals surface area contributed by atoms with Gasteiger partial charge in [-0.25, -0.2) is 9.78 Å². The van der Waals surface area contributed by atoms with Gasteiger partial charge in [-0.1, -0.05) is 0 Å². The fourth-order valence-corrected chi connectivity index (χ4v) is 3.45. The third-order valence-corrected chi connectivity index (χ3v) is 4.84. The Morgan fingerprint density at radius 3 is 2.74 bits per heavy atom. The second-order valence-corrected chi connectivity index (χ2v) is 6.74. The van der Waals surface area contributed by atoms with Gasteiger partial charge in [-0.3, -0.25) is 4.79 Å². The van der Waals surface area contributed by atoms with Gasteiger partial charge in [0.05, 0.1) is 12.2 Å². The molecule has 0 bridgehead atoms. The Balaban J connectivity index is 1.69. The molecule has 0 spiro atoms. The summed E-state index contributed by atoms with van der Waals surface area (Å²) in [7, 11) is 0. The highest BCUT2D eigenvalue weighted by molar-refractivity contribution is 6.00. The van der Waals surface area contributed by atoms with E-state index in [0.717, 1.165) is 24.5 Å². The van der Waals surface area contributed by atoms with Crippen molar-refractivity contribution in [3.63, 3.8) is 0 Å². The van der Waals surface area contributed by atoms with Gasteiger partial charge in [0.25, 0.3) is 5.91 Å². The number of hydrogen-bond donors (Lipinski definition) is 2. The third kappa shape index (κ3) is 4.13. The van der Waals surface area contributed by atoms with Crippen molar-refractivity contribution in [2.24, 2.45) is 0 Å². The second-order valence-electron chi connectivity index (χ2n) is 6.74. The maximum absolute atomic E-state index is 12.6. The SMILES string of the molecule is CCOC(=O)c1c(C)[nH]c(C(=O)NCc2ccnc(N3CCCC3)c2)c1C. The molecule has 2 aromatic heterocycles. The van der Waals surface area contributed by atoms with Crippen LogP contribution in [0.25, 0.3) is 0 Å². The number of amides is 1. The molecular formula is C20H26N4O3. The van der Waals surface area contributed by atoms with Gasteiger partial charge >= 0.3 is 5.97 Å². The lowest BCUT2D eigenvalue weighted by molar-refractivity contribution is 0.0525. The van der Waals surface area contributed by atoms with Crippen LogP contribution in [-0.2, 0) is 11.3 Å². The molecule has 0 radical (unpaired) electrons. The molecule has 2 N–H and O–H groups in total. The molecule has 1 amide bonds. The average molecular weight is 370 g/mol. The van der Waals surface area contributed by atoms with E-state index in [1.165, 1.54) is 12.8 Å². The van der Waals surface area contributed by atoms with Crippen LogP contribution in [-0.4, -0.2) is 41.5 Å². The van der Waals surface area contributed by atoms with E-state index < -0.39 is 5.97 Å². The van der Waals surface area contributed by atoms with Crippen molar-refractivity contribution in [3.8, 4) is 0 Å². The molecule has 2 aromatic rings. The van der Waals surface area contributed by atoms with Crippen molar-refractivity contribution in [2.45, 2.75) is 40.2 Å². The number of aromatic nitrogens is 2. The lowest BCUT2D eigenvalue weighted by Crippen LogP contribution is -2.24. The minimum Gasteiger partial charge on any atom is -0.462 e. The van der Waals surface area contributed by atoms with E-state index in [1.54, 1.807) is 27.0 Å². The van der Waals surface area contributed by atoms with Gasteiger partial charge in [0.2, 0.25) is 0 Å². The van der Waals surface area contributed by atoms with Crippen molar-refractivity contribution in [1.29, 1.82) is 0 Å². The molecule has 0 aromatic carbocycles. The number of carbonyl (C=O) groups is 2. The van der Waals surface area contributed by atoms with Crippen LogP contribution < -0.4 is 10.2 Å². The summed E-state index contributed by atoms with van der Waals surface area (Å²) >= 11 is 0. The molecule has 0 aliphatic carbocycles. The maximum atomic E-state index is 12.6. The van der Waals surface area contributed by atoms with Gasteiger partial charge in [0, 0.05) is 31.5 Å². The topological polar surface area (TPSA) is 87.3 Å². The first kappa shape index (κ1) is 18.9. The zero-order valence-electron chi connectivity index (χ0n) is 16.1. The first-order chi connectivity index (χ1) is 13.0. The largest absolute Gasteiger partial charge is 0.462 e. The lowest BCUT2D eigenvalue weighted by Gasteiger charge is -2.17. The summed E-state index contributed by atoms with van der Waals surface area (Å²) in [5.74, 6) is 0.300. The number of aryl methyl sites for hydroxylation is 1. The number of pyridine rings is 1. The predicted molar refractivity (Wildman–Crippen MR) is 103 cm³/mol. The van der Waals surface area contributed by atoms with Crippen molar-refractivity contribution in [3.05, 3.63) is 46.4 Å². The third-order valence-electron chi connectivity index (χ3n) is 4.84. The smallest absolute Gasteiger partial charge is 0.340 e. The summed E-state index contributed by atoms with van der Waals surface area (Å²) in [6.07, 6.45) is 4.16. The molecule has 7 nitrogen and oxygen atoms in total. The van der Waals surface area contributed by atoms with E-state index in [9.17, 15) is 9.59 Å². The van der Waals surface area contributed by atoms with Gasteiger partial charge in [0.15, 0.2) is 0 Å². The Morgan fingerprint density at radius 2 is 2.04 bits per heavy atom. The van der Waals surface area contributed by atoms with Crippen LogP contribution in [0.15, 0.2) is 18.3 Å². The zero-order chi connectivity index (χ0) is 19.4. The Kier molecular flexibility index (Phi) is 5.78. The normalized spacial score (nSPS) is 13.7. The molecule has 7 heteroatoms. The minimum absolute atomic E-state index is 0.245. The molecule has 1 fully saturated rings. The maximum Gasteiger partial charge on any atom is 0.340 e. The van der Waals surface area contributed by atoms with Gasteiger partial charge < -0.3 is 19.9 Å². The fourth-order valence-electron chi connectivity index (χ4n) is 3.45. The molecule has 0 unspecified atom stereocenters. The minimum atomic E-state index is -0.410. The second kappa shape index (κ2) is 8.24. The highest BCUT2D eigenvalue weighted by atomic mass is 16.5. The number of hydrogen-bond acceptors (Lipinski definition) is 5. The monoisotopic (exact) mass is 370 g/mol. The Labute approximate surface area is 159 Å². The molecular weight excluding hydrogens is 344 g/mol. The number of nitrogens with zero attached hydrogens (tertiary/aromatic N) is 2. The molecule has 3 heterocycles. The van der Waals surface area contributed by atoms with Crippen LogP contribution in [0.3, 0.4) is 0 Å². The number of rotatable bonds is 6. The quantitative estimate of drug-likeness (QED) is 0.764. The Morgan fingerprint density at radius 1 is 1.30 bits per heavy atom. The van der Waals surface area contributed by atoms with Crippen LogP contribution in [0.4, 0.5) is 5.82 Å². The van der Waals surface area contributed by atoms with E-state index in [1.807, 2.05) is 12.1 Å². The standard InChI is InChI=1S/C20H26N4O3/c1-4-27-20(26)17-13(2)18(23-14(17)3)19(25)22-12-15-7-8-21-16(11-15)24-9-5-6-10-24/h7-8,11,23H,4-6,9-10,12H2,1-3H3,(H,22,25). The van der Waals surface area contributed by atoms with Gasteiger partial charge in [-0.2, -0.15) is 0 Å². The van der Waals surface area contributed by atoms with E-state index in [0.29, 0.717) is 35.7 Å². The first-order valence-electron chi connectivity index (χ1n) is 9.35. The van der Waals surface area contributed by atoms with Crippen molar-refractivity contribution in [1.82, 2.24) is 15.3 Å².